The number of amides is 2. The van der Waals surface area contributed by atoms with Crippen LogP contribution in [0.4, 0.5) is 0 Å². The van der Waals surface area contributed by atoms with Crippen molar-refractivity contribution in [2.45, 2.75) is 345 Å². The highest BCUT2D eigenvalue weighted by atomic mass is 16.8. The normalized spacial score (nSPS) is 48.7. The molecule has 0 aliphatic carbocycles. The third-order valence-corrected chi connectivity index (χ3v) is 23.6. The smallest absolute Gasteiger partial charge is 0.364 e. The molecule has 52 atom stereocenters. The van der Waals surface area contributed by atoms with Gasteiger partial charge in [-0.05, 0) is 0 Å². The van der Waals surface area contributed by atoms with Crippen LogP contribution in [0.2, 0.25) is 0 Å². The van der Waals surface area contributed by atoms with E-state index in [9.17, 15) is 193 Å². The van der Waals surface area contributed by atoms with Gasteiger partial charge in [0.15, 0.2) is 50.3 Å². The molecule has 10 rings (SSSR count). The fourth-order valence-electron chi connectivity index (χ4n) is 16.6. The lowest BCUT2D eigenvalue weighted by atomic mass is 9.89. The Kier molecular flexibility index (Phi) is 37.6. The predicted molar refractivity (Wildman–Crippen MR) is 387 cm³/mol. The van der Waals surface area contributed by atoms with E-state index in [2.05, 4.69) is 10.6 Å². The molecule has 0 saturated carbocycles. The van der Waals surface area contributed by atoms with Gasteiger partial charge in [-0.25, -0.2) is 9.59 Å². The van der Waals surface area contributed by atoms with Crippen LogP contribution in [0.3, 0.4) is 0 Å². The minimum Gasteiger partial charge on any atom is -0.477 e. The monoisotopic (exact) mass is 1900 g/mol. The van der Waals surface area contributed by atoms with Gasteiger partial charge >= 0.3 is 11.9 Å². The van der Waals surface area contributed by atoms with Crippen LogP contribution in [0, 0.1) is 0 Å². The van der Waals surface area contributed by atoms with Gasteiger partial charge in [0.2, 0.25) is 11.8 Å². The fraction of sp³-hybridized carbons (Fsp3) is 0.943. The number of carboxylic acids is 2. The number of nitrogens with one attached hydrogen (secondary N) is 2. The summed E-state index contributed by atoms with van der Waals surface area (Å²) in [5.74, 6) is -14.1. The standard InChI is InChI=1S/C70H116N2O57/c1-15(83)71-29-36(95)32(91)23(9-77)111-59(29)126-58-55(123-62-42(101)39(98)34(93)25(11-79)113-62)44(103)47(18(86)5-73)117-66(58)124-56-46(105)65(121-53-22(4-69(110,67(106)107)128-50(53)21(89)8-76)127-70(68(108)109)3-17(85)31(90)48(129-70)19(87)6-74)118-49(20(88)7-75)57(56)125-63-43(102)40(99)52(28(14-82)116-63)120-64-45(104)54(35(94)26(12-80)114-64)122-60-30(72-16(2)84)37(96)51(27(13-81)115-60)119-61-41(100)38(97)33(92)24(10-78)112-61/h17-66,73-82,85-105,110H,3-14H2,1-2H3,(H,71,83)(H,72,84)(H,106,107)(H,108,109)/t17-,18+,19-,20+,21-,22-,23-,24-,25-,26-,27-,28-,29-,30-,31-,32-,33+,34-,35+,36-,37-,38+,39+,40-,41-,42-,43-,44-,45-,46+,47-,48-,49-,50-,51-,52-,53-,54+,55+,56-,57-,58+,59-,60-,61-,62+,63+,64+,65-,66-,69-,70-/m1/s1. The van der Waals surface area contributed by atoms with Crippen molar-refractivity contribution in [1.29, 1.82) is 0 Å². The number of carbonyl (C=O) groups is 4. The Labute approximate surface area is 726 Å². The number of aliphatic carboxylic acids is 2. The molecule has 10 saturated heterocycles. The number of carboxylic acid groups (broad SMARTS) is 2. The lowest BCUT2D eigenvalue weighted by molar-refractivity contribution is -0.425. The van der Waals surface area contributed by atoms with Gasteiger partial charge in [0, 0.05) is 26.7 Å². The lowest BCUT2D eigenvalue weighted by Crippen LogP contribution is -2.72. The lowest BCUT2D eigenvalue weighted by Gasteiger charge is -2.53. The molecule has 59 heteroatoms. The van der Waals surface area contributed by atoms with E-state index in [0.717, 1.165) is 13.8 Å². The molecule has 0 unspecified atom stereocenters. The van der Waals surface area contributed by atoms with Gasteiger partial charge in [-0.1, -0.05) is 0 Å². The molecule has 36 N–H and O–H groups in total. The highest BCUT2D eigenvalue weighted by molar-refractivity contribution is 5.77. The van der Waals surface area contributed by atoms with Crippen LogP contribution in [0.15, 0.2) is 0 Å². The summed E-state index contributed by atoms with van der Waals surface area (Å²) >= 11 is 0. The van der Waals surface area contributed by atoms with Gasteiger partial charge < -0.3 is 274 Å². The Bertz CT molecular complexity index is 3520. The second-order valence-corrected chi connectivity index (χ2v) is 32.3. The fourth-order valence-corrected chi connectivity index (χ4v) is 16.6. The van der Waals surface area contributed by atoms with E-state index >= 15 is 0 Å². The Morgan fingerprint density at radius 3 is 1.14 bits per heavy atom. The molecule has 0 spiro atoms. The predicted octanol–water partition coefficient (Wildman–Crippen LogP) is -24.1. The van der Waals surface area contributed by atoms with Gasteiger partial charge in [-0.2, -0.15) is 0 Å². The van der Waals surface area contributed by atoms with Gasteiger partial charge in [0.25, 0.3) is 11.6 Å². The number of carbonyl (C=O) groups excluding carboxylic acids is 2. The molecule has 10 heterocycles. The summed E-state index contributed by atoms with van der Waals surface area (Å²) in [6.45, 7) is -11.5. The van der Waals surface area contributed by atoms with E-state index in [1.54, 1.807) is 0 Å². The summed E-state index contributed by atoms with van der Waals surface area (Å²) in [5, 5.41) is 385. The van der Waals surface area contributed by atoms with Crippen LogP contribution in [0.1, 0.15) is 26.7 Å². The van der Waals surface area contributed by atoms with E-state index < -0.39 is 421 Å². The Morgan fingerprint density at radius 2 is 0.659 bits per heavy atom. The molecule has 0 aromatic rings. The molecule has 10 aliphatic heterocycles. The van der Waals surface area contributed by atoms with Crippen molar-refractivity contribution < 1.29 is 283 Å². The first-order valence-corrected chi connectivity index (χ1v) is 40.5. The Balaban J connectivity index is 1.06. The summed E-state index contributed by atoms with van der Waals surface area (Å²) in [6, 6.07) is -4.04. The molecule has 59 nitrogen and oxygen atoms in total. The van der Waals surface area contributed by atoms with Crippen molar-refractivity contribution in [2.24, 2.45) is 0 Å². The van der Waals surface area contributed by atoms with Crippen molar-refractivity contribution in [3.63, 3.8) is 0 Å². The van der Waals surface area contributed by atoms with E-state index in [-0.39, 0.29) is 0 Å². The van der Waals surface area contributed by atoms with Crippen LogP contribution in [-0.4, -0.2) is 582 Å². The molecule has 10 aliphatic rings. The zero-order chi connectivity index (χ0) is 95.5. The summed E-state index contributed by atoms with van der Waals surface area (Å²) < 4.78 is 113. The maximum atomic E-state index is 13.6. The minimum absolute atomic E-state index is 0.848. The molecule has 2 amide bonds. The van der Waals surface area contributed by atoms with Crippen molar-refractivity contribution in [3.8, 4) is 0 Å². The highest BCUT2D eigenvalue weighted by Crippen LogP contribution is 2.46. The van der Waals surface area contributed by atoms with Crippen molar-refractivity contribution in [1.82, 2.24) is 10.6 Å². The summed E-state index contributed by atoms with van der Waals surface area (Å²) in [5.41, 5.74) is 0. The Hall–Kier alpha value is -4.16. The molecule has 129 heavy (non-hydrogen) atoms. The topological polar surface area (TPSA) is 956 Å². The van der Waals surface area contributed by atoms with E-state index in [0.29, 0.717) is 0 Å². The van der Waals surface area contributed by atoms with Crippen LogP contribution in [-0.2, 0) is 109 Å². The number of rotatable bonds is 36. The molecule has 0 bridgehead atoms. The van der Waals surface area contributed by atoms with Gasteiger partial charge in [-0.15, -0.1) is 0 Å². The van der Waals surface area contributed by atoms with Crippen molar-refractivity contribution in [2.75, 3.05) is 66.1 Å². The second kappa shape index (κ2) is 45.4. The van der Waals surface area contributed by atoms with Crippen LogP contribution >= 0.6 is 0 Å². The van der Waals surface area contributed by atoms with Crippen LogP contribution in [0.5, 0.6) is 0 Å². The Morgan fingerprint density at radius 1 is 0.310 bits per heavy atom. The highest BCUT2D eigenvalue weighted by Gasteiger charge is 2.66. The SMILES string of the molecule is CC(=O)N[C@H]1[C@@H](O[C@H]2[C@@H](O)[C@@H](CO)O[C@@H](O[C@H]3[C@H](O)[C@@H](O)[C@H](O[C@H]4[C@H](O[C@H]5O[C@H]([C@@H](O)CO)[C@@H](O)[C@H](O[C@@H]6O[C@H](CO)[C@@H](O)[C@H](O)[C@H]6O)[C@@H]5O[C@H]5O[C@H](CO)[C@@H](O)[C@H](O)[C@H]5NC(C)=O)[C@H](O)[C@@H](O[C@H]5[C@@H]([C@H](O)CO)O[C@@](O)(C(=O)O)C[C@H]5O[C@]5(C(=O)O)C[C@@H](O)[C@@H](O)[C@@H]([C@H](O)CO)O5)O[C@@H]4[C@@H](O)CO)O[C@@H]3CO)[C@@H]2O)O[C@H](CO)[C@@H](O[C@H]2O[C@H](CO)[C@H](O)[C@H](O)[C@H]2O)[C@@H]1O. The zero-order valence-corrected chi connectivity index (χ0v) is 67.9. The average Bonchev–Trinajstić information content (AvgIpc) is 0.742. The quantitative estimate of drug-likeness (QED) is 0.0277. The molecule has 0 radical (unpaired) electrons. The molecule has 748 valence electrons. The first kappa shape index (κ1) is 107. The average molecular weight is 1900 g/mol. The third-order valence-electron chi connectivity index (χ3n) is 23.6. The largest absolute Gasteiger partial charge is 0.477 e. The second-order valence-electron chi connectivity index (χ2n) is 32.3. The number of ether oxygens (including phenoxy) is 19. The zero-order valence-electron chi connectivity index (χ0n) is 67.9. The molecule has 0 aromatic heterocycles. The summed E-state index contributed by atoms with van der Waals surface area (Å²) in [6.07, 6.45) is -119. The summed E-state index contributed by atoms with van der Waals surface area (Å²) in [4.78, 5) is 52.4. The van der Waals surface area contributed by atoms with Gasteiger partial charge in [0.1, 0.15) is 244 Å². The maximum absolute atomic E-state index is 13.6. The number of hydrogen-bond donors (Lipinski definition) is 36. The van der Waals surface area contributed by atoms with E-state index in [1.165, 1.54) is 0 Å². The van der Waals surface area contributed by atoms with Gasteiger partial charge in [-0.3, -0.25) is 9.59 Å². The van der Waals surface area contributed by atoms with Gasteiger partial charge in [0.05, 0.1) is 78.3 Å². The van der Waals surface area contributed by atoms with E-state index in [4.69, 9.17) is 90.0 Å². The van der Waals surface area contributed by atoms with Crippen molar-refractivity contribution in [3.05, 3.63) is 0 Å². The molecule has 0 aromatic carbocycles. The first-order valence-electron chi connectivity index (χ1n) is 40.5. The maximum Gasteiger partial charge on any atom is 0.364 e. The molecular weight excluding hydrogens is 1780 g/mol. The molecule has 10 fully saturated rings. The van der Waals surface area contributed by atoms with E-state index in [1.807, 2.05) is 0 Å². The number of aliphatic hydroxyl groups excluding tert-OH is 31. The number of aliphatic hydroxyl groups is 32. The molecular formula is C70H116N2O57. The number of hydrogen-bond acceptors (Lipinski definition) is 55. The van der Waals surface area contributed by atoms with Crippen molar-refractivity contribution >= 4 is 23.8 Å². The third kappa shape index (κ3) is 22.7. The summed E-state index contributed by atoms with van der Waals surface area (Å²) in [7, 11) is 0. The first-order chi connectivity index (χ1) is 60.8. The van der Waals surface area contributed by atoms with Crippen LogP contribution < -0.4 is 10.6 Å². The van der Waals surface area contributed by atoms with Crippen LogP contribution in [0.25, 0.3) is 0 Å². The minimum atomic E-state index is -3.76.